The maximum absolute atomic E-state index is 11.8. The largest absolute Gasteiger partial charge is 0.462 e. The van der Waals surface area contributed by atoms with E-state index in [1.165, 1.54) is 6.20 Å². The number of rotatable bonds is 7. The van der Waals surface area contributed by atoms with Crippen LogP contribution in [0.4, 0.5) is 0 Å². The Labute approximate surface area is 116 Å². The molecule has 2 aromatic rings. The van der Waals surface area contributed by atoms with Crippen molar-refractivity contribution in [3.63, 3.8) is 0 Å². The molecule has 0 saturated carbocycles. The molecule has 108 valence electrons. The summed E-state index contributed by atoms with van der Waals surface area (Å²) in [6.45, 7) is 4.11. The number of hydrogen-bond donors (Lipinski definition) is 1. The van der Waals surface area contributed by atoms with Gasteiger partial charge in [0.05, 0.1) is 31.2 Å². The average molecular weight is 278 g/mol. The van der Waals surface area contributed by atoms with Crippen LogP contribution in [0.25, 0.3) is 0 Å². The van der Waals surface area contributed by atoms with E-state index in [9.17, 15) is 4.79 Å². The molecule has 0 aliphatic heterocycles. The second kappa shape index (κ2) is 6.80. The molecule has 2 rings (SSSR count). The third-order valence-corrected chi connectivity index (χ3v) is 2.84. The number of nitrogens with one attached hydrogen (secondary N) is 1. The van der Waals surface area contributed by atoms with Crippen LogP contribution >= 0.6 is 0 Å². The van der Waals surface area contributed by atoms with Gasteiger partial charge in [0, 0.05) is 26.3 Å². The summed E-state index contributed by atoms with van der Waals surface area (Å²) < 4.78 is 8.42. The van der Waals surface area contributed by atoms with Crippen molar-refractivity contribution in [1.82, 2.24) is 30.1 Å². The summed E-state index contributed by atoms with van der Waals surface area (Å²) in [4.78, 5) is 11.8. The normalized spacial score (nSPS) is 10.7. The molecule has 0 radical (unpaired) electrons. The minimum absolute atomic E-state index is 0.339. The van der Waals surface area contributed by atoms with Gasteiger partial charge in [0.2, 0.25) is 0 Å². The number of hydrogen-bond acceptors (Lipinski definition) is 6. The maximum Gasteiger partial charge on any atom is 0.341 e. The van der Waals surface area contributed by atoms with Crippen molar-refractivity contribution >= 4 is 5.97 Å². The quantitative estimate of drug-likeness (QED) is 0.565. The number of nitrogens with zero attached hydrogens (tertiary/aromatic N) is 5. The minimum atomic E-state index is -0.339. The monoisotopic (exact) mass is 278 g/mol. The van der Waals surface area contributed by atoms with E-state index in [4.69, 9.17) is 4.74 Å². The lowest BCUT2D eigenvalue weighted by atomic mass is 10.2. The van der Waals surface area contributed by atoms with Gasteiger partial charge >= 0.3 is 5.97 Å². The van der Waals surface area contributed by atoms with Crippen LogP contribution in [0.5, 0.6) is 0 Å². The highest BCUT2D eigenvalue weighted by molar-refractivity contribution is 5.90. The van der Waals surface area contributed by atoms with Gasteiger partial charge in [-0.05, 0) is 6.92 Å². The summed E-state index contributed by atoms with van der Waals surface area (Å²) in [6.07, 6.45) is 4.97. The first kappa shape index (κ1) is 14.2. The van der Waals surface area contributed by atoms with Crippen molar-refractivity contribution in [3.8, 4) is 0 Å². The van der Waals surface area contributed by atoms with Crippen LogP contribution in [0, 0.1) is 0 Å². The lowest BCUT2D eigenvalue weighted by Crippen LogP contribution is -2.22. The summed E-state index contributed by atoms with van der Waals surface area (Å²) in [7, 11) is 1.80. The Morgan fingerprint density at radius 3 is 3.05 bits per heavy atom. The van der Waals surface area contributed by atoms with Crippen molar-refractivity contribution in [3.05, 3.63) is 29.8 Å². The van der Waals surface area contributed by atoms with Gasteiger partial charge in [-0.15, -0.1) is 5.10 Å². The fourth-order valence-corrected chi connectivity index (χ4v) is 1.80. The third-order valence-electron chi connectivity index (χ3n) is 2.84. The molecule has 0 saturated heterocycles. The Morgan fingerprint density at radius 1 is 1.50 bits per heavy atom. The van der Waals surface area contributed by atoms with Crippen LogP contribution in [-0.2, 0) is 24.9 Å². The topological polar surface area (TPSA) is 86.9 Å². The van der Waals surface area contributed by atoms with Crippen LogP contribution in [0.2, 0.25) is 0 Å². The first-order valence-electron chi connectivity index (χ1n) is 6.45. The Morgan fingerprint density at radius 2 is 2.35 bits per heavy atom. The molecule has 0 aliphatic rings. The lowest BCUT2D eigenvalue weighted by molar-refractivity contribution is 0.0524. The van der Waals surface area contributed by atoms with Gasteiger partial charge in [0.1, 0.15) is 5.56 Å². The maximum atomic E-state index is 11.8. The van der Waals surface area contributed by atoms with Crippen molar-refractivity contribution in [2.75, 3.05) is 13.2 Å². The molecule has 0 unspecified atom stereocenters. The number of esters is 1. The van der Waals surface area contributed by atoms with E-state index >= 15 is 0 Å². The van der Waals surface area contributed by atoms with Crippen LogP contribution < -0.4 is 5.32 Å². The lowest BCUT2D eigenvalue weighted by Gasteiger charge is -2.07. The van der Waals surface area contributed by atoms with E-state index in [-0.39, 0.29) is 5.97 Å². The van der Waals surface area contributed by atoms with Gasteiger partial charge in [0.25, 0.3) is 0 Å². The molecule has 0 spiro atoms. The van der Waals surface area contributed by atoms with Crippen molar-refractivity contribution < 1.29 is 9.53 Å². The minimum Gasteiger partial charge on any atom is -0.462 e. The predicted molar refractivity (Wildman–Crippen MR) is 70.9 cm³/mol. The zero-order valence-electron chi connectivity index (χ0n) is 11.6. The summed E-state index contributed by atoms with van der Waals surface area (Å²) in [5.74, 6) is -0.339. The van der Waals surface area contributed by atoms with Gasteiger partial charge in [-0.3, -0.25) is 9.36 Å². The number of carbonyl (C=O) groups excluding carboxylic acids is 1. The second-order valence-electron chi connectivity index (χ2n) is 4.19. The Bertz CT molecular complexity index is 548. The Kier molecular flexibility index (Phi) is 4.83. The molecule has 0 amide bonds. The van der Waals surface area contributed by atoms with E-state index in [0.717, 1.165) is 12.2 Å². The van der Waals surface area contributed by atoms with E-state index in [0.29, 0.717) is 25.3 Å². The zero-order valence-corrected chi connectivity index (χ0v) is 11.6. The van der Waals surface area contributed by atoms with Crippen LogP contribution in [-0.4, -0.2) is 43.9 Å². The molecular formula is C12H18N6O2. The first-order valence-corrected chi connectivity index (χ1v) is 6.45. The molecule has 2 aromatic heterocycles. The second-order valence-corrected chi connectivity index (χ2v) is 4.19. The Balaban J connectivity index is 1.88. The molecule has 0 fully saturated rings. The summed E-state index contributed by atoms with van der Waals surface area (Å²) in [5.41, 5.74) is 1.31. The molecule has 0 bridgehead atoms. The number of aryl methyl sites for hydroxylation is 1. The fraction of sp³-hybridized carbons (Fsp3) is 0.500. The molecule has 0 aromatic carbocycles. The Hall–Kier alpha value is -2.22. The molecule has 8 heteroatoms. The highest BCUT2D eigenvalue weighted by Crippen LogP contribution is 2.09. The van der Waals surface area contributed by atoms with Crippen LogP contribution in [0.1, 0.15) is 23.0 Å². The van der Waals surface area contributed by atoms with Crippen molar-refractivity contribution in [1.29, 1.82) is 0 Å². The van der Waals surface area contributed by atoms with E-state index in [1.54, 1.807) is 35.7 Å². The van der Waals surface area contributed by atoms with Crippen LogP contribution in [0.15, 0.2) is 18.6 Å². The fourth-order valence-electron chi connectivity index (χ4n) is 1.80. The molecule has 0 atom stereocenters. The first-order chi connectivity index (χ1) is 9.72. The molecule has 20 heavy (non-hydrogen) atoms. The summed E-state index contributed by atoms with van der Waals surface area (Å²) >= 11 is 0. The SMILES string of the molecule is CCOC(=O)c1cnn(C)c1CNCCn1ccnn1. The van der Waals surface area contributed by atoms with Crippen LogP contribution in [0.3, 0.4) is 0 Å². The van der Waals surface area contributed by atoms with Gasteiger partial charge in [-0.1, -0.05) is 5.21 Å². The molecule has 8 nitrogen and oxygen atoms in total. The molecule has 1 N–H and O–H groups in total. The highest BCUT2D eigenvalue weighted by atomic mass is 16.5. The van der Waals surface area contributed by atoms with Gasteiger partial charge < -0.3 is 10.1 Å². The number of carbonyl (C=O) groups is 1. The van der Waals surface area contributed by atoms with E-state index in [2.05, 4.69) is 20.7 Å². The van der Waals surface area contributed by atoms with Gasteiger partial charge in [-0.2, -0.15) is 5.10 Å². The summed E-state index contributed by atoms with van der Waals surface area (Å²) in [5, 5.41) is 14.9. The van der Waals surface area contributed by atoms with Crippen molar-refractivity contribution in [2.24, 2.45) is 7.05 Å². The zero-order chi connectivity index (χ0) is 14.4. The number of ether oxygens (including phenoxy) is 1. The van der Waals surface area contributed by atoms with Crippen molar-refractivity contribution in [2.45, 2.75) is 20.0 Å². The smallest absolute Gasteiger partial charge is 0.341 e. The molecule has 0 aliphatic carbocycles. The average Bonchev–Trinajstić information content (AvgIpc) is 3.05. The molecule has 2 heterocycles. The van der Waals surface area contributed by atoms with Gasteiger partial charge in [-0.25, -0.2) is 4.79 Å². The highest BCUT2D eigenvalue weighted by Gasteiger charge is 2.16. The standard InChI is InChI=1S/C12H18N6O2/c1-3-20-12(19)10-8-15-17(2)11(10)9-13-4-6-18-7-5-14-16-18/h5,7-8,13H,3-4,6,9H2,1-2H3. The van der Waals surface area contributed by atoms with E-state index < -0.39 is 0 Å². The summed E-state index contributed by atoms with van der Waals surface area (Å²) in [6, 6.07) is 0. The molecular weight excluding hydrogens is 260 g/mol. The number of aromatic nitrogens is 5. The van der Waals surface area contributed by atoms with Gasteiger partial charge in [0.15, 0.2) is 0 Å². The third kappa shape index (κ3) is 3.41. The van der Waals surface area contributed by atoms with E-state index in [1.807, 2.05) is 0 Å². The predicted octanol–water partition coefficient (Wildman–Crippen LogP) is -0.0219.